The van der Waals surface area contributed by atoms with Gasteiger partial charge in [-0.2, -0.15) is 18.3 Å². The first-order valence-electron chi connectivity index (χ1n) is 9.11. The molecule has 1 amide bonds. The number of primary sulfonamides is 1. The Bertz CT molecular complexity index is 1120. The molecule has 3 aliphatic rings. The number of nitrogens with two attached hydrogens (primary N) is 1. The molecule has 5 rings (SSSR count). The molecule has 12 heteroatoms. The van der Waals surface area contributed by atoms with E-state index in [9.17, 15) is 26.4 Å². The Balaban J connectivity index is 1.70. The van der Waals surface area contributed by atoms with E-state index >= 15 is 0 Å². The molecular formula is C18H19F3N4O4S. The van der Waals surface area contributed by atoms with Gasteiger partial charge in [0.2, 0.25) is 10.0 Å². The lowest BCUT2D eigenvalue weighted by Gasteiger charge is -2.36. The lowest BCUT2D eigenvalue weighted by atomic mass is 9.74. The number of ether oxygens (including phenoxy) is 1. The van der Waals surface area contributed by atoms with Crippen LogP contribution in [0.5, 0.6) is 0 Å². The summed E-state index contributed by atoms with van der Waals surface area (Å²) in [7, 11) is -4.05. The molecule has 0 radical (unpaired) electrons. The number of amides is 1. The summed E-state index contributed by atoms with van der Waals surface area (Å²) in [5.41, 5.74) is -2.71. The predicted octanol–water partition coefficient (Wildman–Crippen LogP) is 2.29. The van der Waals surface area contributed by atoms with Crippen molar-refractivity contribution in [3.63, 3.8) is 0 Å². The molecule has 8 nitrogen and oxygen atoms in total. The van der Waals surface area contributed by atoms with E-state index in [1.807, 2.05) is 0 Å². The molecule has 162 valence electrons. The van der Waals surface area contributed by atoms with Crippen LogP contribution in [-0.4, -0.2) is 36.3 Å². The third-order valence-electron chi connectivity index (χ3n) is 5.43. The number of sulfonamides is 1. The number of hydrogen-bond donors (Lipinski definition) is 2. The topological polar surface area (TPSA) is 116 Å². The van der Waals surface area contributed by atoms with Crippen molar-refractivity contribution in [1.82, 2.24) is 9.78 Å². The van der Waals surface area contributed by atoms with Crippen LogP contribution in [0.1, 0.15) is 34.6 Å². The number of carbonyl (C=O) groups excluding carboxylic acids is 1. The second-order valence-corrected chi connectivity index (χ2v) is 9.32. The van der Waals surface area contributed by atoms with Gasteiger partial charge in [-0.1, -0.05) is 6.07 Å². The largest absolute Gasteiger partial charge is 0.420 e. The first-order chi connectivity index (χ1) is 13.9. The number of aromatic nitrogens is 2. The number of anilines is 1. The Hall–Kier alpha value is -2.44. The van der Waals surface area contributed by atoms with Crippen molar-refractivity contribution < 1.29 is 31.1 Å². The van der Waals surface area contributed by atoms with E-state index in [1.54, 1.807) is 0 Å². The maximum absolute atomic E-state index is 13.7. The van der Waals surface area contributed by atoms with E-state index in [-0.39, 0.29) is 22.8 Å². The van der Waals surface area contributed by atoms with Crippen molar-refractivity contribution in [2.75, 3.05) is 11.9 Å². The summed E-state index contributed by atoms with van der Waals surface area (Å²) in [5.74, 6) is -0.665. The van der Waals surface area contributed by atoms with E-state index in [2.05, 4.69) is 10.4 Å². The summed E-state index contributed by atoms with van der Waals surface area (Å²) >= 11 is 0. The van der Waals surface area contributed by atoms with Crippen LogP contribution >= 0.6 is 0 Å². The minimum absolute atomic E-state index is 0.0101. The number of fused-ring (bicyclic) bond motifs is 1. The Morgan fingerprint density at radius 3 is 2.67 bits per heavy atom. The highest BCUT2D eigenvalue weighted by atomic mass is 32.2. The molecule has 30 heavy (non-hydrogen) atoms. The maximum atomic E-state index is 13.7. The van der Waals surface area contributed by atoms with Gasteiger partial charge < -0.3 is 10.1 Å². The number of alkyl halides is 3. The second kappa shape index (κ2) is 6.79. The molecule has 3 heterocycles. The zero-order valence-electron chi connectivity index (χ0n) is 15.9. The molecule has 1 aliphatic carbocycles. The maximum Gasteiger partial charge on any atom is 0.420 e. The average Bonchev–Trinajstić information content (AvgIpc) is 3.26. The molecule has 1 saturated carbocycles. The summed E-state index contributed by atoms with van der Waals surface area (Å²) in [6.45, 7) is 1.77. The SMILES string of the molecule is Cc1nn(CC23CC(CO2)C3)c(C(=O)Nc2cccc(S(N)(=O)=O)c2)c1C(F)(F)F. The number of carbonyl (C=O) groups is 1. The van der Waals surface area contributed by atoms with Gasteiger partial charge in [-0.25, -0.2) is 13.6 Å². The molecule has 3 N–H and O–H groups in total. The molecule has 2 aromatic rings. The number of nitrogens with zero attached hydrogens (tertiary/aromatic N) is 2. The van der Waals surface area contributed by atoms with Crippen LogP contribution in [0.4, 0.5) is 18.9 Å². The fraction of sp³-hybridized carbons (Fsp3) is 0.444. The number of aryl methyl sites for hydroxylation is 1. The van der Waals surface area contributed by atoms with Gasteiger partial charge >= 0.3 is 6.18 Å². The number of halogens is 3. The van der Waals surface area contributed by atoms with E-state index in [1.165, 1.54) is 25.1 Å². The fourth-order valence-corrected chi connectivity index (χ4v) is 4.74. The first-order valence-corrected chi connectivity index (χ1v) is 10.7. The Morgan fingerprint density at radius 1 is 1.40 bits per heavy atom. The summed E-state index contributed by atoms with van der Waals surface area (Å²) in [5, 5.41) is 11.4. The summed E-state index contributed by atoms with van der Waals surface area (Å²) in [6.07, 6.45) is -3.37. The molecule has 3 fully saturated rings. The van der Waals surface area contributed by atoms with E-state index in [4.69, 9.17) is 9.88 Å². The smallest absolute Gasteiger partial charge is 0.373 e. The molecule has 2 saturated heterocycles. The quantitative estimate of drug-likeness (QED) is 0.734. The van der Waals surface area contributed by atoms with Crippen molar-refractivity contribution in [3.05, 3.63) is 41.2 Å². The van der Waals surface area contributed by atoms with Crippen molar-refractivity contribution in [2.45, 2.75) is 43.0 Å². The molecule has 2 aliphatic heterocycles. The van der Waals surface area contributed by atoms with Gasteiger partial charge in [0, 0.05) is 5.69 Å². The minimum atomic E-state index is -4.80. The average molecular weight is 444 g/mol. The minimum Gasteiger partial charge on any atom is -0.373 e. The molecule has 0 unspecified atom stereocenters. The van der Waals surface area contributed by atoms with Crippen LogP contribution in [0, 0.1) is 12.8 Å². The van der Waals surface area contributed by atoms with E-state index < -0.39 is 39.0 Å². The first kappa shape index (κ1) is 20.8. The number of hydrogen-bond acceptors (Lipinski definition) is 5. The monoisotopic (exact) mass is 444 g/mol. The number of nitrogens with one attached hydrogen (secondary N) is 1. The summed E-state index contributed by atoms with van der Waals surface area (Å²) in [6, 6.07) is 4.96. The number of benzene rings is 1. The van der Waals surface area contributed by atoms with E-state index in [0.717, 1.165) is 10.7 Å². The standard InChI is InChI=1S/C18H19F3N4O4S/c1-10-14(18(19,20)21)15(25(24-10)9-17-6-11(7-17)8-29-17)16(26)23-12-3-2-4-13(5-12)30(22,27)28/h2-5,11H,6-9H2,1H3,(H,23,26)(H2,22,27,28). The van der Waals surface area contributed by atoms with Crippen molar-refractivity contribution in [2.24, 2.45) is 11.1 Å². The highest BCUT2D eigenvalue weighted by Gasteiger charge is 2.53. The zero-order chi connectivity index (χ0) is 21.9. The van der Waals surface area contributed by atoms with Crippen LogP contribution < -0.4 is 10.5 Å². The van der Waals surface area contributed by atoms with Crippen LogP contribution in [0.25, 0.3) is 0 Å². The summed E-state index contributed by atoms with van der Waals surface area (Å²) < 4.78 is 70.9. The summed E-state index contributed by atoms with van der Waals surface area (Å²) in [4.78, 5) is 12.6. The third-order valence-corrected chi connectivity index (χ3v) is 6.34. The van der Waals surface area contributed by atoms with Crippen LogP contribution in [-0.2, 0) is 27.5 Å². The van der Waals surface area contributed by atoms with Gasteiger partial charge in [0.1, 0.15) is 11.3 Å². The van der Waals surface area contributed by atoms with Crippen LogP contribution in [0.2, 0.25) is 0 Å². The number of rotatable bonds is 5. The molecule has 2 bridgehead atoms. The van der Waals surface area contributed by atoms with Gasteiger partial charge in [-0.3, -0.25) is 9.48 Å². The Kier molecular flexibility index (Phi) is 4.71. The molecule has 1 aromatic carbocycles. The molecule has 0 atom stereocenters. The Labute approximate surface area is 170 Å². The molecule has 0 spiro atoms. The lowest BCUT2D eigenvalue weighted by molar-refractivity contribution is -0.138. The highest BCUT2D eigenvalue weighted by Crippen LogP contribution is 2.49. The van der Waals surface area contributed by atoms with E-state index in [0.29, 0.717) is 25.4 Å². The fourth-order valence-electron chi connectivity index (χ4n) is 4.18. The highest BCUT2D eigenvalue weighted by molar-refractivity contribution is 7.89. The normalized spacial score (nSPS) is 23.3. The lowest BCUT2D eigenvalue weighted by Crippen LogP contribution is -2.42. The van der Waals surface area contributed by atoms with Gasteiger partial charge in [-0.15, -0.1) is 0 Å². The van der Waals surface area contributed by atoms with Crippen LogP contribution in [0.3, 0.4) is 0 Å². The molecular weight excluding hydrogens is 425 g/mol. The van der Waals surface area contributed by atoms with Crippen molar-refractivity contribution in [3.8, 4) is 0 Å². The van der Waals surface area contributed by atoms with Gasteiger partial charge in [0.05, 0.1) is 29.3 Å². The van der Waals surface area contributed by atoms with Gasteiger partial charge in [0.25, 0.3) is 5.91 Å². The van der Waals surface area contributed by atoms with Gasteiger partial charge in [0.15, 0.2) is 0 Å². The third kappa shape index (κ3) is 3.70. The van der Waals surface area contributed by atoms with Crippen molar-refractivity contribution in [1.29, 1.82) is 0 Å². The van der Waals surface area contributed by atoms with Gasteiger partial charge in [-0.05, 0) is 43.9 Å². The van der Waals surface area contributed by atoms with Crippen LogP contribution in [0.15, 0.2) is 29.2 Å². The van der Waals surface area contributed by atoms with Crippen molar-refractivity contribution >= 4 is 21.6 Å². The second-order valence-electron chi connectivity index (χ2n) is 7.76. The molecule has 1 aromatic heterocycles. The zero-order valence-corrected chi connectivity index (χ0v) is 16.7. The Morgan fingerprint density at radius 2 is 2.10 bits per heavy atom. The predicted molar refractivity (Wildman–Crippen MR) is 99.1 cm³/mol.